The maximum atomic E-state index is 11.1. The number of carbonyl (C=O) groups is 2. The molecule has 4 atom stereocenters. The molecule has 0 bridgehead atoms. The molecule has 0 aromatic carbocycles. The van der Waals surface area contributed by atoms with Crippen molar-refractivity contribution in [2.75, 3.05) is 12.4 Å². The van der Waals surface area contributed by atoms with Gasteiger partial charge in [-0.15, -0.1) is 11.8 Å². The van der Waals surface area contributed by atoms with Gasteiger partial charge >= 0.3 is 11.9 Å². The van der Waals surface area contributed by atoms with Crippen molar-refractivity contribution in [2.45, 2.75) is 51.8 Å². The predicted molar refractivity (Wildman–Crippen MR) is 72.8 cm³/mol. The molecular weight excluding hydrogens is 268 g/mol. The van der Waals surface area contributed by atoms with Crippen LogP contribution in [0.5, 0.6) is 0 Å². The number of thioether (sulfide) groups is 1. The Balaban J connectivity index is 2.66. The summed E-state index contributed by atoms with van der Waals surface area (Å²) in [5.41, 5.74) is 0.0531. The van der Waals surface area contributed by atoms with E-state index in [2.05, 4.69) is 13.8 Å². The molecule has 0 N–H and O–H groups in total. The first-order valence-corrected chi connectivity index (χ1v) is 7.56. The molecule has 1 fully saturated rings. The van der Waals surface area contributed by atoms with Crippen LogP contribution in [0.3, 0.4) is 0 Å². The first-order valence-electron chi connectivity index (χ1n) is 6.51. The van der Waals surface area contributed by atoms with E-state index < -0.39 is 0 Å². The highest BCUT2D eigenvalue weighted by molar-refractivity contribution is 7.99. The SMILES string of the molecule is CCS[C@@H]1OC(COC(C)=O)[C@H](OC(C)=O)CC1C. The van der Waals surface area contributed by atoms with Crippen LogP contribution in [0.15, 0.2) is 0 Å². The van der Waals surface area contributed by atoms with Gasteiger partial charge in [-0.25, -0.2) is 0 Å². The van der Waals surface area contributed by atoms with Gasteiger partial charge in [0.1, 0.15) is 24.3 Å². The maximum absolute atomic E-state index is 11.1. The fourth-order valence-electron chi connectivity index (χ4n) is 2.07. The van der Waals surface area contributed by atoms with Crippen LogP contribution in [-0.4, -0.2) is 41.9 Å². The van der Waals surface area contributed by atoms with Gasteiger partial charge in [-0.3, -0.25) is 9.59 Å². The highest BCUT2D eigenvalue weighted by atomic mass is 32.2. The maximum Gasteiger partial charge on any atom is 0.302 e. The molecule has 5 nitrogen and oxygen atoms in total. The molecule has 1 aliphatic rings. The standard InChI is InChI=1S/C13H22O5S/c1-5-19-13-8(2)6-11(17-10(4)15)12(18-13)7-16-9(3)14/h8,11-13H,5-7H2,1-4H3/t8?,11-,12?,13+/m1/s1. The van der Waals surface area contributed by atoms with Gasteiger partial charge in [-0.2, -0.15) is 0 Å². The van der Waals surface area contributed by atoms with E-state index >= 15 is 0 Å². The minimum absolute atomic E-state index is 0.0531. The number of esters is 2. The predicted octanol–water partition coefficient (Wildman–Crippen LogP) is 1.99. The van der Waals surface area contributed by atoms with Gasteiger partial charge in [-0.1, -0.05) is 13.8 Å². The summed E-state index contributed by atoms with van der Waals surface area (Å²) in [5.74, 6) is 0.551. The number of hydrogen-bond acceptors (Lipinski definition) is 6. The first kappa shape index (κ1) is 16.3. The van der Waals surface area contributed by atoms with Crippen LogP contribution in [0.4, 0.5) is 0 Å². The molecule has 1 heterocycles. The Kier molecular flexibility index (Phi) is 6.65. The van der Waals surface area contributed by atoms with Crippen molar-refractivity contribution < 1.29 is 23.8 Å². The van der Waals surface area contributed by atoms with Gasteiger partial charge in [0, 0.05) is 13.8 Å². The molecule has 0 aromatic heterocycles. The second-order valence-corrected chi connectivity index (χ2v) is 6.04. The fraction of sp³-hybridized carbons (Fsp3) is 0.846. The lowest BCUT2D eigenvalue weighted by atomic mass is 9.97. The van der Waals surface area contributed by atoms with Gasteiger partial charge in [0.2, 0.25) is 0 Å². The largest absolute Gasteiger partial charge is 0.463 e. The van der Waals surface area contributed by atoms with Crippen molar-refractivity contribution in [1.82, 2.24) is 0 Å². The van der Waals surface area contributed by atoms with Crippen LogP contribution >= 0.6 is 11.8 Å². The molecule has 0 amide bonds. The van der Waals surface area contributed by atoms with E-state index in [1.165, 1.54) is 13.8 Å². The minimum Gasteiger partial charge on any atom is -0.463 e. The van der Waals surface area contributed by atoms with Gasteiger partial charge in [0.15, 0.2) is 0 Å². The highest BCUT2D eigenvalue weighted by Crippen LogP contribution is 2.33. The molecular formula is C13H22O5S. The van der Waals surface area contributed by atoms with Crippen molar-refractivity contribution in [3.8, 4) is 0 Å². The van der Waals surface area contributed by atoms with Crippen molar-refractivity contribution >= 4 is 23.7 Å². The Morgan fingerprint density at radius 1 is 1.32 bits per heavy atom. The number of rotatable bonds is 5. The van der Waals surface area contributed by atoms with E-state index in [-0.39, 0.29) is 36.2 Å². The molecule has 19 heavy (non-hydrogen) atoms. The van der Waals surface area contributed by atoms with Crippen LogP contribution < -0.4 is 0 Å². The summed E-state index contributed by atoms with van der Waals surface area (Å²) in [6, 6.07) is 0. The number of hydrogen-bond donors (Lipinski definition) is 0. The lowest BCUT2D eigenvalue weighted by Gasteiger charge is -2.39. The van der Waals surface area contributed by atoms with Crippen molar-refractivity contribution in [1.29, 1.82) is 0 Å². The highest BCUT2D eigenvalue weighted by Gasteiger charge is 2.38. The topological polar surface area (TPSA) is 61.8 Å². The third-order valence-corrected chi connectivity index (χ3v) is 4.13. The average Bonchev–Trinajstić information content (AvgIpc) is 2.30. The lowest BCUT2D eigenvalue weighted by Crippen LogP contribution is -2.46. The zero-order valence-electron chi connectivity index (χ0n) is 11.9. The quantitative estimate of drug-likeness (QED) is 0.722. The van der Waals surface area contributed by atoms with Crippen LogP contribution in [-0.2, 0) is 23.8 Å². The third kappa shape index (κ3) is 5.40. The Bertz CT molecular complexity index is 320. The normalized spacial score (nSPS) is 30.7. The Morgan fingerprint density at radius 2 is 2.00 bits per heavy atom. The smallest absolute Gasteiger partial charge is 0.302 e. The van der Waals surface area contributed by atoms with Gasteiger partial charge in [0.25, 0.3) is 0 Å². The van der Waals surface area contributed by atoms with E-state index in [9.17, 15) is 9.59 Å². The van der Waals surface area contributed by atoms with Crippen LogP contribution in [0.25, 0.3) is 0 Å². The summed E-state index contributed by atoms with van der Waals surface area (Å²) < 4.78 is 16.2. The second-order valence-electron chi connectivity index (χ2n) is 4.66. The van der Waals surface area contributed by atoms with Crippen LogP contribution in [0, 0.1) is 5.92 Å². The summed E-state index contributed by atoms with van der Waals surface area (Å²) in [6.07, 6.45) is -0.00277. The monoisotopic (exact) mass is 290 g/mol. The van der Waals surface area contributed by atoms with E-state index in [0.29, 0.717) is 5.92 Å². The third-order valence-electron chi connectivity index (χ3n) is 2.89. The second kappa shape index (κ2) is 7.75. The van der Waals surface area contributed by atoms with Crippen LogP contribution in [0.2, 0.25) is 0 Å². The lowest BCUT2D eigenvalue weighted by molar-refractivity contribution is -0.178. The van der Waals surface area contributed by atoms with Crippen molar-refractivity contribution in [2.24, 2.45) is 5.92 Å². The zero-order valence-corrected chi connectivity index (χ0v) is 12.7. The summed E-state index contributed by atoms with van der Waals surface area (Å²) >= 11 is 1.72. The summed E-state index contributed by atoms with van der Waals surface area (Å²) in [6.45, 7) is 7.00. The Labute approximate surface area is 118 Å². The van der Waals surface area contributed by atoms with E-state index in [4.69, 9.17) is 14.2 Å². The molecule has 0 aromatic rings. The van der Waals surface area contributed by atoms with E-state index in [1.54, 1.807) is 11.8 Å². The van der Waals surface area contributed by atoms with Gasteiger partial charge in [-0.05, 0) is 18.1 Å². The van der Waals surface area contributed by atoms with E-state index in [1.807, 2.05) is 0 Å². The first-order chi connectivity index (χ1) is 8.93. The van der Waals surface area contributed by atoms with Gasteiger partial charge in [0.05, 0.1) is 0 Å². The molecule has 1 saturated heterocycles. The summed E-state index contributed by atoms with van der Waals surface area (Å²) in [5, 5.41) is 0. The molecule has 110 valence electrons. The molecule has 1 rings (SSSR count). The Hall–Kier alpha value is -0.750. The van der Waals surface area contributed by atoms with Crippen LogP contribution in [0.1, 0.15) is 34.1 Å². The average molecular weight is 290 g/mol. The fourth-order valence-corrected chi connectivity index (χ4v) is 3.06. The summed E-state index contributed by atoms with van der Waals surface area (Å²) in [7, 11) is 0. The summed E-state index contributed by atoms with van der Waals surface area (Å²) in [4.78, 5) is 22.0. The number of carbonyl (C=O) groups excluding carboxylic acids is 2. The molecule has 0 spiro atoms. The van der Waals surface area contributed by atoms with Crippen molar-refractivity contribution in [3.63, 3.8) is 0 Å². The molecule has 2 unspecified atom stereocenters. The van der Waals surface area contributed by atoms with Gasteiger partial charge < -0.3 is 14.2 Å². The minimum atomic E-state index is -0.381. The Morgan fingerprint density at radius 3 is 2.53 bits per heavy atom. The molecule has 0 radical (unpaired) electrons. The number of ether oxygens (including phenoxy) is 3. The zero-order chi connectivity index (χ0) is 14.4. The van der Waals surface area contributed by atoms with Crippen molar-refractivity contribution in [3.05, 3.63) is 0 Å². The van der Waals surface area contributed by atoms with E-state index in [0.717, 1.165) is 12.2 Å². The molecule has 0 saturated carbocycles. The molecule has 6 heteroatoms. The molecule has 0 aliphatic carbocycles. The molecule has 1 aliphatic heterocycles.